The predicted molar refractivity (Wildman–Crippen MR) is 83.5 cm³/mol. The van der Waals surface area contributed by atoms with Gasteiger partial charge in [-0.1, -0.05) is 13.8 Å². The number of rotatable bonds is 3. The molecule has 1 aromatic carbocycles. The molecule has 1 aliphatic rings. The standard InChI is InChI=1S/C17H26N2O/c1-10-5-6-15(9-11(10)2)20-16-12(3)7-14(17(18)19)8-13(16)4/h7-8,10-11,15H,5-6,9H2,1-4H3,(H3,18,19). The van der Waals surface area contributed by atoms with Crippen LogP contribution in [0.25, 0.3) is 0 Å². The molecule has 0 bridgehead atoms. The Balaban J connectivity index is 2.16. The summed E-state index contributed by atoms with van der Waals surface area (Å²) in [5, 5.41) is 7.54. The molecule has 3 nitrogen and oxygen atoms in total. The van der Waals surface area contributed by atoms with Crippen LogP contribution in [0.15, 0.2) is 12.1 Å². The van der Waals surface area contributed by atoms with Crippen molar-refractivity contribution in [3.8, 4) is 5.75 Å². The van der Waals surface area contributed by atoms with Gasteiger partial charge in [0.2, 0.25) is 0 Å². The number of nitrogens with two attached hydrogens (primary N) is 1. The third kappa shape index (κ3) is 3.14. The first-order valence-corrected chi connectivity index (χ1v) is 7.50. The fourth-order valence-corrected chi connectivity index (χ4v) is 3.06. The average molecular weight is 274 g/mol. The molecule has 0 amide bonds. The molecule has 0 radical (unpaired) electrons. The van der Waals surface area contributed by atoms with Crippen LogP contribution in [0.3, 0.4) is 0 Å². The zero-order valence-electron chi connectivity index (χ0n) is 13.0. The van der Waals surface area contributed by atoms with E-state index < -0.39 is 0 Å². The number of aryl methyl sites for hydroxylation is 2. The lowest BCUT2D eigenvalue weighted by Gasteiger charge is -2.33. The number of nitrogens with one attached hydrogen (secondary N) is 1. The van der Waals surface area contributed by atoms with Gasteiger partial charge in [0.15, 0.2) is 0 Å². The van der Waals surface area contributed by atoms with Gasteiger partial charge in [-0.15, -0.1) is 0 Å². The minimum absolute atomic E-state index is 0.114. The molecule has 3 atom stereocenters. The highest BCUT2D eigenvalue weighted by Gasteiger charge is 2.26. The van der Waals surface area contributed by atoms with Gasteiger partial charge in [0.25, 0.3) is 0 Å². The van der Waals surface area contributed by atoms with Gasteiger partial charge in [0.1, 0.15) is 11.6 Å². The van der Waals surface area contributed by atoms with Gasteiger partial charge in [-0.25, -0.2) is 0 Å². The van der Waals surface area contributed by atoms with Crippen molar-refractivity contribution in [1.29, 1.82) is 5.41 Å². The summed E-state index contributed by atoms with van der Waals surface area (Å²) in [5.74, 6) is 2.62. The molecule has 1 saturated carbocycles. The number of ether oxygens (including phenoxy) is 1. The Hall–Kier alpha value is -1.51. The molecule has 0 aliphatic heterocycles. The topological polar surface area (TPSA) is 59.1 Å². The van der Waals surface area contributed by atoms with Crippen molar-refractivity contribution < 1.29 is 4.74 Å². The molecule has 3 N–H and O–H groups in total. The highest BCUT2D eigenvalue weighted by molar-refractivity contribution is 5.95. The van der Waals surface area contributed by atoms with Crippen LogP contribution in [0.1, 0.15) is 49.8 Å². The Labute approximate surface area is 122 Å². The van der Waals surface area contributed by atoms with Gasteiger partial charge in [-0.05, 0) is 68.2 Å². The first-order chi connectivity index (χ1) is 9.38. The van der Waals surface area contributed by atoms with Crippen molar-refractivity contribution in [3.05, 3.63) is 28.8 Å². The number of hydrogen-bond donors (Lipinski definition) is 2. The van der Waals surface area contributed by atoms with E-state index >= 15 is 0 Å². The van der Waals surface area contributed by atoms with E-state index in [9.17, 15) is 0 Å². The average Bonchev–Trinajstić information content (AvgIpc) is 2.37. The maximum absolute atomic E-state index is 7.54. The van der Waals surface area contributed by atoms with E-state index in [0.29, 0.717) is 6.10 Å². The summed E-state index contributed by atoms with van der Waals surface area (Å²) in [6, 6.07) is 3.89. The Bertz CT molecular complexity index is 487. The monoisotopic (exact) mass is 274 g/mol. The first kappa shape index (κ1) is 14.9. The highest BCUT2D eigenvalue weighted by atomic mass is 16.5. The lowest BCUT2D eigenvalue weighted by atomic mass is 9.80. The Morgan fingerprint density at radius 1 is 1.15 bits per heavy atom. The summed E-state index contributed by atoms with van der Waals surface area (Å²) in [4.78, 5) is 0. The summed E-state index contributed by atoms with van der Waals surface area (Å²) >= 11 is 0. The van der Waals surface area contributed by atoms with Crippen LogP contribution < -0.4 is 10.5 Å². The van der Waals surface area contributed by atoms with E-state index in [1.165, 1.54) is 6.42 Å². The maximum atomic E-state index is 7.54. The van der Waals surface area contributed by atoms with Crippen LogP contribution in [-0.4, -0.2) is 11.9 Å². The summed E-state index contributed by atoms with van der Waals surface area (Å²) in [7, 11) is 0. The smallest absolute Gasteiger partial charge is 0.125 e. The van der Waals surface area contributed by atoms with Crippen molar-refractivity contribution in [2.24, 2.45) is 17.6 Å². The van der Waals surface area contributed by atoms with E-state index in [2.05, 4.69) is 13.8 Å². The van der Waals surface area contributed by atoms with Crippen LogP contribution in [0.4, 0.5) is 0 Å². The van der Waals surface area contributed by atoms with Crippen molar-refractivity contribution in [2.45, 2.75) is 53.1 Å². The van der Waals surface area contributed by atoms with Crippen LogP contribution in [0, 0.1) is 31.1 Å². The Kier molecular flexibility index (Phi) is 4.36. The Morgan fingerprint density at radius 3 is 2.25 bits per heavy atom. The van der Waals surface area contributed by atoms with Crippen LogP contribution >= 0.6 is 0 Å². The van der Waals surface area contributed by atoms with Gasteiger partial charge in [0.05, 0.1) is 6.10 Å². The minimum atomic E-state index is 0.114. The summed E-state index contributed by atoms with van der Waals surface area (Å²) in [5.41, 5.74) is 8.48. The summed E-state index contributed by atoms with van der Waals surface area (Å²) < 4.78 is 6.26. The molecular weight excluding hydrogens is 248 g/mol. The van der Waals surface area contributed by atoms with Crippen molar-refractivity contribution >= 4 is 5.84 Å². The molecule has 0 spiro atoms. The molecule has 110 valence electrons. The molecule has 1 fully saturated rings. The molecule has 3 heteroatoms. The van der Waals surface area contributed by atoms with Gasteiger partial charge >= 0.3 is 0 Å². The highest BCUT2D eigenvalue weighted by Crippen LogP contribution is 2.34. The van der Waals surface area contributed by atoms with Crippen LogP contribution in [-0.2, 0) is 0 Å². The molecular formula is C17H26N2O. The SMILES string of the molecule is Cc1cc(C(=N)N)cc(C)c1OC1CCC(C)C(C)C1. The third-order valence-corrected chi connectivity index (χ3v) is 4.61. The molecule has 0 saturated heterocycles. The lowest BCUT2D eigenvalue weighted by Crippen LogP contribution is -2.29. The maximum Gasteiger partial charge on any atom is 0.125 e. The summed E-state index contributed by atoms with van der Waals surface area (Å²) in [6.45, 7) is 8.71. The fraction of sp³-hybridized carbons (Fsp3) is 0.588. The third-order valence-electron chi connectivity index (χ3n) is 4.61. The molecule has 0 heterocycles. The minimum Gasteiger partial charge on any atom is -0.490 e. The first-order valence-electron chi connectivity index (χ1n) is 7.50. The van der Waals surface area contributed by atoms with Gasteiger partial charge in [0, 0.05) is 5.56 Å². The Morgan fingerprint density at radius 2 is 1.75 bits per heavy atom. The molecule has 3 unspecified atom stereocenters. The molecule has 1 aliphatic carbocycles. The number of nitrogen functional groups attached to an aromatic ring is 1. The quantitative estimate of drug-likeness (QED) is 0.650. The molecule has 0 aromatic heterocycles. The van der Waals surface area contributed by atoms with E-state index in [0.717, 1.165) is 47.1 Å². The van der Waals surface area contributed by atoms with E-state index in [1.54, 1.807) is 0 Å². The van der Waals surface area contributed by atoms with Crippen LogP contribution in [0.5, 0.6) is 5.75 Å². The molecule has 2 rings (SSSR count). The van der Waals surface area contributed by atoms with E-state index in [-0.39, 0.29) is 5.84 Å². The van der Waals surface area contributed by atoms with E-state index in [1.807, 2.05) is 26.0 Å². The normalized spacial score (nSPS) is 26.3. The fourth-order valence-electron chi connectivity index (χ4n) is 3.06. The number of amidine groups is 1. The second kappa shape index (κ2) is 5.86. The zero-order chi connectivity index (χ0) is 14.9. The van der Waals surface area contributed by atoms with Crippen molar-refractivity contribution in [2.75, 3.05) is 0 Å². The van der Waals surface area contributed by atoms with Crippen LogP contribution in [0.2, 0.25) is 0 Å². The number of hydrogen-bond acceptors (Lipinski definition) is 2. The second-order valence-electron chi connectivity index (χ2n) is 6.36. The predicted octanol–water partition coefficient (Wildman–Crippen LogP) is 3.79. The zero-order valence-corrected chi connectivity index (χ0v) is 13.0. The summed E-state index contributed by atoms with van der Waals surface area (Å²) in [6.07, 6.45) is 3.84. The number of benzene rings is 1. The van der Waals surface area contributed by atoms with E-state index in [4.69, 9.17) is 15.9 Å². The largest absolute Gasteiger partial charge is 0.490 e. The van der Waals surface area contributed by atoms with Gasteiger partial charge in [-0.2, -0.15) is 0 Å². The molecule has 20 heavy (non-hydrogen) atoms. The van der Waals surface area contributed by atoms with Crippen molar-refractivity contribution in [1.82, 2.24) is 0 Å². The second-order valence-corrected chi connectivity index (χ2v) is 6.36. The van der Waals surface area contributed by atoms with Gasteiger partial charge in [-0.3, -0.25) is 5.41 Å². The van der Waals surface area contributed by atoms with Crippen molar-refractivity contribution in [3.63, 3.8) is 0 Å². The lowest BCUT2D eigenvalue weighted by molar-refractivity contribution is 0.0993. The van der Waals surface area contributed by atoms with Gasteiger partial charge < -0.3 is 10.5 Å². The molecule has 1 aromatic rings.